The largest absolute Gasteiger partial charge is 0.492 e. The number of benzene rings is 1. The molecule has 0 radical (unpaired) electrons. The summed E-state index contributed by atoms with van der Waals surface area (Å²) in [5, 5.41) is 0. The quantitative estimate of drug-likeness (QED) is 0.808. The first-order valence-corrected chi connectivity index (χ1v) is 6.79. The fourth-order valence-corrected chi connectivity index (χ4v) is 1.97. The molecule has 2 N–H and O–H groups in total. The molecule has 0 saturated heterocycles. The van der Waals surface area contributed by atoms with Crippen LogP contribution in [-0.4, -0.2) is 31.1 Å². The third-order valence-electron chi connectivity index (χ3n) is 3.22. The first-order valence-electron chi connectivity index (χ1n) is 6.79. The van der Waals surface area contributed by atoms with Gasteiger partial charge in [0.2, 0.25) is 0 Å². The lowest BCUT2D eigenvalue weighted by Gasteiger charge is -2.20. The molecule has 0 saturated carbocycles. The number of nitrogens with zero attached hydrogens (tertiary/aromatic N) is 1. The van der Waals surface area contributed by atoms with Gasteiger partial charge in [-0.1, -0.05) is 26.0 Å². The van der Waals surface area contributed by atoms with Gasteiger partial charge < -0.3 is 15.4 Å². The van der Waals surface area contributed by atoms with E-state index in [2.05, 4.69) is 43.9 Å². The van der Waals surface area contributed by atoms with Gasteiger partial charge in [0.1, 0.15) is 12.4 Å². The summed E-state index contributed by atoms with van der Waals surface area (Å²) < 4.78 is 5.89. The molecular weight excluding hydrogens is 224 g/mol. The molecule has 1 atom stereocenters. The number of rotatable bonds is 7. The topological polar surface area (TPSA) is 38.5 Å². The first kappa shape index (κ1) is 15.0. The van der Waals surface area contributed by atoms with Crippen molar-refractivity contribution in [2.45, 2.75) is 33.7 Å². The van der Waals surface area contributed by atoms with E-state index in [1.165, 1.54) is 5.56 Å². The van der Waals surface area contributed by atoms with E-state index in [0.717, 1.165) is 30.9 Å². The maximum Gasteiger partial charge on any atom is 0.124 e. The molecule has 0 heterocycles. The molecule has 1 rings (SSSR count). The van der Waals surface area contributed by atoms with Crippen LogP contribution in [0.15, 0.2) is 18.2 Å². The molecule has 0 aliphatic carbocycles. The Labute approximate surface area is 111 Å². The zero-order valence-corrected chi connectivity index (χ0v) is 12.1. The maximum absolute atomic E-state index is 5.96. The highest BCUT2D eigenvalue weighted by atomic mass is 16.5. The van der Waals surface area contributed by atoms with Crippen LogP contribution in [0.3, 0.4) is 0 Å². The van der Waals surface area contributed by atoms with Crippen molar-refractivity contribution in [3.63, 3.8) is 0 Å². The molecule has 18 heavy (non-hydrogen) atoms. The molecule has 3 nitrogen and oxygen atoms in total. The summed E-state index contributed by atoms with van der Waals surface area (Å²) in [6, 6.07) is 6.22. The van der Waals surface area contributed by atoms with Crippen LogP contribution in [0.1, 0.15) is 37.9 Å². The van der Waals surface area contributed by atoms with Gasteiger partial charge in [-0.05, 0) is 38.6 Å². The van der Waals surface area contributed by atoms with Gasteiger partial charge >= 0.3 is 0 Å². The number of hydrogen-bond donors (Lipinski definition) is 1. The van der Waals surface area contributed by atoms with Gasteiger partial charge in [0, 0.05) is 18.2 Å². The predicted octanol–water partition coefficient (Wildman–Crippen LogP) is 2.74. The number of hydrogen-bond acceptors (Lipinski definition) is 3. The number of aryl methyl sites for hydroxylation is 1. The number of ether oxygens (including phenoxy) is 1. The molecule has 3 heteroatoms. The molecule has 0 amide bonds. The smallest absolute Gasteiger partial charge is 0.124 e. The Balaban J connectivity index is 2.63. The highest BCUT2D eigenvalue weighted by Gasteiger charge is 2.08. The molecule has 1 aromatic carbocycles. The van der Waals surface area contributed by atoms with Crippen LogP contribution in [0.4, 0.5) is 0 Å². The zero-order chi connectivity index (χ0) is 13.5. The molecule has 0 aliphatic rings. The van der Waals surface area contributed by atoms with Gasteiger partial charge in [0.25, 0.3) is 0 Å². The van der Waals surface area contributed by atoms with E-state index in [-0.39, 0.29) is 6.04 Å². The molecule has 0 aliphatic heterocycles. The van der Waals surface area contributed by atoms with Crippen LogP contribution in [0.2, 0.25) is 0 Å². The Bertz CT molecular complexity index is 360. The highest BCUT2D eigenvalue weighted by Crippen LogP contribution is 2.25. The van der Waals surface area contributed by atoms with Crippen LogP contribution in [-0.2, 0) is 0 Å². The second-order valence-corrected chi connectivity index (χ2v) is 4.71. The van der Waals surface area contributed by atoms with E-state index in [1.54, 1.807) is 0 Å². The van der Waals surface area contributed by atoms with Crippen molar-refractivity contribution < 1.29 is 4.74 Å². The molecule has 1 aromatic rings. The fourth-order valence-electron chi connectivity index (χ4n) is 1.97. The average molecular weight is 250 g/mol. The minimum atomic E-state index is 0.00838. The van der Waals surface area contributed by atoms with Crippen molar-refractivity contribution in [2.24, 2.45) is 5.73 Å². The molecular formula is C15H26N2O. The van der Waals surface area contributed by atoms with Crippen molar-refractivity contribution in [1.82, 2.24) is 4.90 Å². The van der Waals surface area contributed by atoms with Gasteiger partial charge in [-0.2, -0.15) is 0 Å². The lowest BCUT2D eigenvalue weighted by Crippen LogP contribution is -2.28. The van der Waals surface area contributed by atoms with Crippen LogP contribution in [0, 0.1) is 6.92 Å². The predicted molar refractivity (Wildman–Crippen MR) is 77.1 cm³/mol. The van der Waals surface area contributed by atoms with Gasteiger partial charge in [0.05, 0.1) is 0 Å². The van der Waals surface area contributed by atoms with E-state index in [9.17, 15) is 0 Å². The Morgan fingerprint density at radius 3 is 2.50 bits per heavy atom. The molecule has 102 valence electrons. The van der Waals surface area contributed by atoms with Crippen LogP contribution in [0.5, 0.6) is 5.75 Å². The summed E-state index contributed by atoms with van der Waals surface area (Å²) in [5.41, 5.74) is 8.25. The highest BCUT2D eigenvalue weighted by molar-refractivity contribution is 5.38. The van der Waals surface area contributed by atoms with Crippen LogP contribution >= 0.6 is 0 Å². The Kier molecular flexibility index (Phi) is 6.16. The third kappa shape index (κ3) is 4.31. The molecule has 0 spiro atoms. The second kappa shape index (κ2) is 7.39. The fraction of sp³-hybridized carbons (Fsp3) is 0.600. The summed E-state index contributed by atoms with van der Waals surface area (Å²) in [5.74, 6) is 0.928. The molecule has 0 unspecified atom stereocenters. The Morgan fingerprint density at radius 1 is 1.28 bits per heavy atom. The Hall–Kier alpha value is -1.06. The summed E-state index contributed by atoms with van der Waals surface area (Å²) >= 11 is 0. The molecule has 0 fully saturated rings. The van der Waals surface area contributed by atoms with Gasteiger partial charge in [-0.15, -0.1) is 0 Å². The van der Waals surface area contributed by atoms with Crippen molar-refractivity contribution in [3.8, 4) is 5.75 Å². The Morgan fingerprint density at radius 2 is 1.94 bits per heavy atom. The van der Waals surface area contributed by atoms with Crippen molar-refractivity contribution in [1.29, 1.82) is 0 Å². The van der Waals surface area contributed by atoms with Crippen LogP contribution < -0.4 is 10.5 Å². The monoisotopic (exact) mass is 250 g/mol. The number of nitrogens with two attached hydrogens (primary N) is 1. The molecule has 0 aromatic heterocycles. The van der Waals surface area contributed by atoms with Gasteiger partial charge in [0.15, 0.2) is 0 Å². The lowest BCUT2D eigenvalue weighted by molar-refractivity contribution is 0.221. The zero-order valence-electron chi connectivity index (χ0n) is 12.1. The normalized spacial score (nSPS) is 12.8. The van der Waals surface area contributed by atoms with E-state index in [1.807, 2.05) is 6.92 Å². The maximum atomic E-state index is 5.96. The average Bonchev–Trinajstić information content (AvgIpc) is 2.34. The van der Waals surface area contributed by atoms with Crippen molar-refractivity contribution in [3.05, 3.63) is 29.3 Å². The number of likely N-dealkylation sites (N-methyl/N-ethyl adjacent to an activating group) is 1. The minimum Gasteiger partial charge on any atom is -0.492 e. The lowest BCUT2D eigenvalue weighted by atomic mass is 10.1. The SMILES string of the molecule is CCN(CC)CCOc1cc(C)ccc1[C@@H](C)N. The molecule has 0 bridgehead atoms. The van der Waals surface area contributed by atoms with Crippen LogP contribution in [0.25, 0.3) is 0 Å². The summed E-state index contributed by atoms with van der Waals surface area (Å²) in [6.45, 7) is 12.2. The summed E-state index contributed by atoms with van der Waals surface area (Å²) in [4.78, 5) is 2.35. The standard InChI is InChI=1S/C15H26N2O/c1-5-17(6-2)9-10-18-15-11-12(3)7-8-14(15)13(4)16/h7-8,11,13H,5-6,9-10,16H2,1-4H3/t13-/m1/s1. The van der Waals surface area contributed by atoms with E-state index in [0.29, 0.717) is 6.61 Å². The van der Waals surface area contributed by atoms with Gasteiger partial charge in [-0.25, -0.2) is 0 Å². The summed E-state index contributed by atoms with van der Waals surface area (Å²) in [7, 11) is 0. The van der Waals surface area contributed by atoms with Crippen molar-refractivity contribution in [2.75, 3.05) is 26.2 Å². The van der Waals surface area contributed by atoms with Crippen molar-refractivity contribution >= 4 is 0 Å². The van der Waals surface area contributed by atoms with E-state index < -0.39 is 0 Å². The van der Waals surface area contributed by atoms with E-state index >= 15 is 0 Å². The van der Waals surface area contributed by atoms with Gasteiger partial charge in [-0.3, -0.25) is 0 Å². The first-order chi connectivity index (χ1) is 8.58. The second-order valence-electron chi connectivity index (χ2n) is 4.71. The summed E-state index contributed by atoms with van der Waals surface area (Å²) in [6.07, 6.45) is 0. The minimum absolute atomic E-state index is 0.00838. The van der Waals surface area contributed by atoms with E-state index in [4.69, 9.17) is 10.5 Å². The third-order valence-corrected chi connectivity index (χ3v) is 3.22.